The van der Waals surface area contributed by atoms with Crippen molar-refractivity contribution in [3.63, 3.8) is 0 Å². The topological polar surface area (TPSA) is 74.6 Å². The van der Waals surface area contributed by atoms with Crippen molar-refractivity contribution in [2.24, 2.45) is 0 Å². The fourth-order valence-electron chi connectivity index (χ4n) is 0.856. The zero-order valence-corrected chi connectivity index (χ0v) is 6.52. The second-order valence-electron chi connectivity index (χ2n) is 2.16. The van der Waals surface area contributed by atoms with E-state index in [1.165, 1.54) is 24.3 Å². The van der Waals surface area contributed by atoms with E-state index < -0.39 is 11.9 Å². The molecule has 0 aliphatic carbocycles. The van der Waals surface area contributed by atoms with Gasteiger partial charge in [0.2, 0.25) is 0 Å². The summed E-state index contributed by atoms with van der Waals surface area (Å²) in [4.78, 5) is 20.9. The Bertz CT molecular complexity index is 297. The lowest BCUT2D eigenvalue weighted by atomic mass is 10.1. The minimum atomic E-state index is -1.23. The van der Waals surface area contributed by atoms with Crippen molar-refractivity contribution in [3.8, 4) is 0 Å². The molecular formula is C9H6O4. The molecule has 0 saturated carbocycles. The number of benzene rings is 1. The number of aromatic carboxylic acids is 2. The van der Waals surface area contributed by atoms with Crippen LogP contribution >= 0.6 is 0 Å². The lowest BCUT2D eigenvalue weighted by molar-refractivity contribution is 0.0651. The van der Waals surface area contributed by atoms with Gasteiger partial charge in [0, 0.05) is 7.43 Å². The third-order valence-corrected chi connectivity index (χ3v) is 1.39. The molecule has 0 aliphatic rings. The molecule has 1 aromatic carbocycles. The monoisotopic (exact) mass is 178 g/mol. The fraction of sp³-hybridized carbons (Fsp3) is 0. The van der Waals surface area contributed by atoms with Crippen LogP contribution in [0.5, 0.6) is 0 Å². The highest BCUT2D eigenvalue weighted by atomic mass is 16.4. The van der Waals surface area contributed by atoms with Crippen LogP contribution in [0.25, 0.3) is 0 Å². The molecule has 4 nitrogen and oxygen atoms in total. The summed E-state index contributed by atoms with van der Waals surface area (Å²) in [7, 11) is 0. The minimum Gasteiger partial charge on any atom is -0.478 e. The van der Waals surface area contributed by atoms with Crippen LogP contribution in [0, 0.1) is 7.43 Å². The third-order valence-electron chi connectivity index (χ3n) is 1.39. The highest BCUT2D eigenvalue weighted by molar-refractivity contribution is 6.01. The first-order valence-corrected chi connectivity index (χ1v) is 3.18. The van der Waals surface area contributed by atoms with Crippen LogP contribution in [0.15, 0.2) is 24.3 Å². The summed E-state index contributed by atoms with van der Waals surface area (Å²) in [6.45, 7) is 0. The third kappa shape index (κ3) is 2.30. The molecule has 4 heteroatoms. The van der Waals surface area contributed by atoms with Gasteiger partial charge in [-0.15, -0.1) is 0 Å². The molecule has 0 aliphatic heterocycles. The Kier molecular flexibility index (Phi) is 3.65. The maximum Gasteiger partial charge on any atom is 0.336 e. The summed E-state index contributed by atoms with van der Waals surface area (Å²) in [5, 5.41) is 17.1. The Labute approximate surface area is 75.4 Å². The summed E-state index contributed by atoms with van der Waals surface area (Å²) in [5.41, 5.74) is -0.380. The Morgan fingerprint density at radius 1 is 0.923 bits per heavy atom. The lowest BCUT2D eigenvalue weighted by Gasteiger charge is -1.98. The van der Waals surface area contributed by atoms with Gasteiger partial charge in [-0.25, -0.2) is 9.59 Å². The molecular weight excluding hydrogens is 172 g/mol. The van der Waals surface area contributed by atoms with Crippen LogP contribution in [0.3, 0.4) is 0 Å². The smallest absolute Gasteiger partial charge is 0.336 e. The predicted molar refractivity (Wildman–Crippen MR) is 43.6 cm³/mol. The van der Waals surface area contributed by atoms with Gasteiger partial charge in [0.15, 0.2) is 0 Å². The summed E-state index contributed by atoms with van der Waals surface area (Å²) < 4.78 is 0. The van der Waals surface area contributed by atoms with Gasteiger partial charge in [-0.2, -0.15) is 0 Å². The van der Waals surface area contributed by atoms with Crippen molar-refractivity contribution in [1.29, 1.82) is 0 Å². The summed E-state index contributed by atoms with van der Waals surface area (Å²) in [6.07, 6.45) is 0. The van der Waals surface area contributed by atoms with Crippen molar-refractivity contribution in [1.82, 2.24) is 0 Å². The summed E-state index contributed by atoms with van der Waals surface area (Å²) in [6, 6.07) is 5.48. The van der Waals surface area contributed by atoms with Gasteiger partial charge in [0.25, 0.3) is 0 Å². The first-order valence-electron chi connectivity index (χ1n) is 3.18. The summed E-state index contributed by atoms with van der Waals surface area (Å²) in [5.74, 6) is -2.46. The van der Waals surface area contributed by atoms with E-state index in [1.54, 1.807) is 0 Å². The maximum atomic E-state index is 10.5. The van der Waals surface area contributed by atoms with Crippen LogP contribution < -0.4 is 0 Å². The average Bonchev–Trinajstić information content (AvgIpc) is 2.04. The first kappa shape index (κ1) is 11.2. The van der Waals surface area contributed by atoms with Crippen molar-refractivity contribution < 1.29 is 19.8 Å². The van der Waals surface area contributed by atoms with E-state index in [2.05, 4.69) is 0 Å². The van der Waals surface area contributed by atoms with Crippen LogP contribution in [0.2, 0.25) is 0 Å². The molecule has 0 unspecified atom stereocenters. The number of carboxylic acid groups (broad SMARTS) is 2. The van der Waals surface area contributed by atoms with E-state index in [9.17, 15) is 9.59 Å². The molecule has 13 heavy (non-hydrogen) atoms. The Hall–Kier alpha value is -1.84. The average molecular weight is 178 g/mol. The van der Waals surface area contributed by atoms with Gasteiger partial charge in [-0.05, 0) is 12.1 Å². The number of hydrogen-bond donors (Lipinski definition) is 2. The standard InChI is InChI=1S/C8H6O4.C/c9-7(10)5-3-1-2-4-6(5)8(11)12;/h1-4H,(H,9,10)(H,11,12);. The SMILES string of the molecule is O=C(O)c1ccccc1C(=O)O.[C]. The number of carboxylic acids is 2. The molecule has 0 saturated heterocycles. The maximum absolute atomic E-state index is 10.5. The Morgan fingerprint density at radius 2 is 1.23 bits per heavy atom. The molecule has 1 aromatic rings. The molecule has 0 fully saturated rings. The van der Waals surface area contributed by atoms with Gasteiger partial charge < -0.3 is 10.2 Å². The molecule has 66 valence electrons. The van der Waals surface area contributed by atoms with Gasteiger partial charge in [0.1, 0.15) is 0 Å². The fourth-order valence-corrected chi connectivity index (χ4v) is 0.856. The van der Waals surface area contributed by atoms with Gasteiger partial charge in [-0.3, -0.25) is 0 Å². The first-order chi connectivity index (χ1) is 5.63. The Balaban J connectivity index is 0.00000144. The quantitative estimate of drug-likeness (QED) is 0.712. The zero-order valence-electron chi connectivity index (χ0n) is 6.52. The van der Waals surface area contributed by atoms with E-state index in [0.29, 0.717) is 0 Å². The van der Waals surface area contributed by atoms with E-state index in [4.69, 9.17) is 10.2 Å². The van der Waals surface area contributed by atoms with Gasteiger partial charge in [-0.1, -0.05) is 12.1 Å². The van der Waals surface area contributed by atoms with Crippen molar-refractivity contribution >= 4 is 11.9 Å². The number of rotatable bonds is 2. The molecule has 0 atom stereocenters. The molecule has 2 N–H and O–H groups in total. The molecule has 0 amide bonds. The molecule has 4 radical (unpaired) electrons. The zero-order chi connectivity index (χ0) is 9.14. The van der Waals surface area contributed by atoms with Gasteiger partial charge >= 0.3 is 11.9 Å². The lowest BCUT2D eigenvalue weighted by Crippen LogP contribution is -2.06. The van der Waals surface area contributed by atoms with Crippen molar-refractivity contribution in [2.45, 2.75) is 0 Å². The van der Waals surface area contributed by atoms with Crippen LogP contribution in [0.1, 0.15) is 20.7 Å². The minimum absolute atomic E-state index is 0. The van der Waals surface area contributed by atoms with E-state index in [-0.39, 0.29) is 18.6 Å². The van der Waals surface area contributed by atoms with E-state index >= 15 is 0 Å². The van der Waals surface area contributed by atoms with E-state index in [1.807, 2.05) is 0 Å². The molecule has 0 aromatic heterocycles. The van der Waals surface area contributed by atoms with Crippen LogP contribution in [-0.2, 0) is 0 Å². The van der Waals surface area contributed by atoms with Crippen LogP contribution in [-0.4, -0.2) is 22.2 Å². The highest BCUT2D eigenvalue weighted by Gasteiger charge is 2.13. The Morgan fingerprint density at radius 3 is 1.46 bits per heavy atom. The largest absolute Gasteiger partial charge is 0.478 e. The molecule has 0 spiro atoms. The van der Waals surface area contributed by atoms with Gasteiger partial charge in [0.05, 0.1) is 11.1 Å². The molecule has 0 heterocycles. The number of hydrogen-bond acceptors (Lipinski definition) is 2. The molecule has 1 rings (SSSR count). The molecule has 0 bridgehead atoms. The highest BCUT2D eigenvalue weighted by Crippen LogP contribution is 2.07. The predicted octanol–water partition coefficient (Wildman–Crippen LogP) is 1.16. The summed E-state index contributed by atoms with van der Waals surface area (Å²) >= 11 is 0. The second kappa shape index (κ2) is 4.25. The van der Waals surface area contributed by atoms with Crippen LogP contribution in [0.4, 0.5) is 0 Å². The number of carbonyl (C=O) groups is 2. The van der Waals surface area contributed by atoms with E-state index in [0.717, 1.165) is 0 Å². The van der Waals surface area contributed by atoms with Crippen molar-refractivity contribution in [2.75, 3.05) is 0 Å². The normalized spacial score (nSPS) is 8.62. The second-order valence-corrected chi connectivity index (χ2v) is 2.16. The van der Waals surface area contributed by atoms with Crippen molar-refractivity contribution in [3.05, 3.63) is 42.8 Å².